The predicted molar refractivity (Wildman–Crippen MR) is 87.5 cm³/mol. The van der Waals surface area contributed by atoms with Gasteiger partial charge in [0.05, 0.1) is 5.02 Å². The van der Waals surface area contributed by atoms with Gasteiger partial charge in [0.1, 0.15) is 0 Å². The normalized spacial score (nSPS) is 17.3. The number of rotatable bonds is 3. The largest absolute Gasteiger partial charge is 0.384 e. The molecule has 1 aliphatic heterocycles. The van der Waals surface area contributed by atoms with Crippen LogP contribution in [0.2, 0.25) is 5.02 Å². The number of nitrogens with one attached hydrogen (secondary N) is 1. The van der Waals surface area contributed by atoms with E-state index in [1.807, 2.05) is 30.0 Å². The summed E-state index contributed by atoms with van der Waals surface area (Å²) < 4.78 is 0.932. The molecule has 1 atom stereocenters. The van der Waals surface area contributed by atoms with E-state index in [1.54, 1.807) is 0 Å². The van der Waals surface area contributed by atoms with Crippen LogP contribution >= 0.6 is 39.3 Å². The Hall–Kier alpha value is -0.640. The summed E-state index contributed by atoms with van der Waals surface area (Å²) in [7, 11) is 0. The lowest BCUT2D eigenvalue weighted by Crippen LogP contribution is -2.12. The van der Waals surface area contributed by atoms with Crippen LogP contribution in [0.3, 0.4) is 0 Å². The van der Waals surface area contributed by atoms with Crippen LogP contribution in [-0.2, 0) is 0 Å². The van der Waals surface area contributed by atoms with Gasteiger partial charge in [-0.1, -0.05) is 29.8 Å². The van der Waals surface area contributed by atoms with Crippen molar-refractivity contribution in [3.63, 3.8) is 0 Å². The smallest absolute Gasteiger partial charge is 0.0568 e. The Labute approximate surface area is 130 Å². The molecule has 0 aliphatic carbocycles. The van der Waals surface area contributed by atoms with Crippen LogP contribution in [0.25, 0.3) is 0 Å². The fourth-order valence-electron chi connectivity index (χ4n) is 2.25. The first-order valence-electron chi connectivity index (χ1n) is 6.14. The van der Waals surface area contributed by atoms with Crippen molar-refractivity contribution in [2.24, 2.45) is 0 Å². The van der Waals surface area contributed by atoms with Crippen molar-refractivity contribution in [1.82, 2.24) is 0 Å². The van der Waals surface area contributed by atoms with Gasteiger partial charge in [0.25, 0.3) is 0 Å². The van der Waals surface area contributed by atoms with Gasteiger partial charge in [-0.05, 0) is 45.8 Å². The zero-order valence-corrected chi connectivity index (χ0v) is 13.4. The number of thioether (sulfide) groups is 1. The first kappa shape index (κ1) is 13.3. The summed E-state index contributed by atoms with van der Waals surface area (Å²) in [4.78, 5) is 1.42. The molecule has 98 valence electrons. The third-order valence-corrected chi connectivity index (χ3v) is 5.76. The van der Waals surface area contributed by atoms with Crippen molar-refractivity contribution >= 4 is 45.0 Å². The van der Waals surface area contributed by atoms with E-state index in [-0.39, 0.29) is 0 Å². The minimum Gasteiger partial charge on any atom is -0.384 e. The van der Waals surface area contributed by atoms with Gasteiger partial charge < -0.3 is 5.32 Å². The van der Waals surface area contributed by atoms with Crippen molar-refractivity contribution in [2.75, 3.05) is 17.6 Å². The molecule has 0 saturated carbocycles. The molecular formula is C15H13BrClNS. The van der Waals surface area contributed by atoms with Crippen molar-refractivity contribution in [3.8, 4) is 0 Å². The first-order valence-corrected chi connectivity index (χ1v) is 8.30. The van der Waals surface area contributed by atoms with Crippen LogP contribution < -0.4 is 5.32 Å². The Morgan fingerprint density at radius 1 is 1.26 bits per heavy atom. The molecule has 0 saturated heterocycles. The van der Waals surface area contributed by atoms with Crippen LogP contribution in [0.5, 0.6) is 0 Å². The fourth-order valence-corrected chi connectivity index (χ4v) is 3.93. The van der Waals surface area contributed by atoms with Gasteiger partial charge in [-0.15, -0.1) is 11.8 Å². The maximum Gasteiger partial charge on any atom is 0.0568 e. The second-order valence-electron chi connectivity index (χ2n) is 4.56. The minimum absolute atomic E-state index is 0.573. The maximum atomic E-state index is 6.10. The molecule has 2 aromatic carbocycles. The lowest BCUT2D eigenvalue weighted by atomic mass is 10.0. The molecule has 1 N–H and O–H groups in total. The van der Waals surface area contributed by atoms with Crippen molar-refractivity contribution in [1.29, 1.82) is 0 Å². The van der Waals surface area contributed by atoms with Crippen LogP contribution in [-0.4, -0.2) is 12.3 Å². The summed E-state index contributed by atoms with van der Waals surface area (Å²) in [5.74, 6) is 1.72. The van der Waals surface area contributed by atoms with E-state index < -0.39 is 0 Å². The highest BCUT2D eigenvalue weighted by atomic mass is 79.9. The highest BCUT2D eigenvalue weighted by Gasteiger charge is 2.22. The average Bonchev–Trinajstić information content (AvgIpc) is 2.83. The summed E-state index contributed by atoms with van der Waals surface area (Å²) in [5.41, 5.74) is 2.53. The second-order valence-corrected chi connectivity index (χ2v) is 6.88. The summed E-state index contributed by atoms with van der Waals surface area (Å²) >= 11 is 11.4. The van der Waals surface area contributed by atoms with Gasteiger partial charge in [0, 0.05) is 33.3 Å². The molecule has 1 nitrogen and oxygen atoms in total. The molecule has 19 heavy (non-hydrogen) atoms. The summed E-state index contributed by atoms with van der Waals surface area (Å²) in [6, 6.07) is 14.6. The monoisotopic (exact) mass is 353 g/mol. The molecule has 1 unspecified atom stereocenters. The quantitative estimate of drug-likeness (QED) is 0.791. The van der Waals surface area contributed by atoms with E-state index >= 15 is 0 Å². The summed E-state index contributed by atoms with van der Waals surface area (Å²) in [6.45, 7) is 0.946. The molecule has 1 aliphatic rings. The number of halogens is 2. The molecule has 0 amide bonds. The van der Waals surface area contributed by atoms with E-state index in [2.05, 4.69) is 45.5 Å². The number of anilines is 1. The van der Waals surface area contributed by atoms with E-state index in [4.69, 9.17) is 11.6 Å². The molecule has 0 bridgehead atoms. The topological polar surface area (TPSA) is 12.0 Å². The maximum absolute atomic E-state index is 6.10. The summed E-state index contributed by atoms with van der Waals surface area (Å²) in [5, 5.41) is 4.22. The molecule has 0 fully saturated rings. The Morgan fingerprint density at radius 3 is 2.95 bits per heavy atom. The third kappa shape index (κ3) is 2.93. The van der Waals surface area contributed by atoms with E-state index in [0.29, 0.717) is 5.92 Å². The van der Waals surface area contributed by atoms with Crippen molar-refractivity contribution in [2.45, 2.75) is 10.8 Å². The van der Waals surface area contributed by atoms with Gasteiger partial charge in [-0.3, -0.25) is 0 Å². The van der Waals surface area contributed by atoms with Gasteiger partial charge in [-0.25, -0.2) is 0 Å². The Bertz CT molecular complexity index is 602. The lowest BCUT2D eigenvalue weighted by Gasteiger charge is -2.13. The zero-order valence-electron chi connectivity index (χ0n) is 10.2. The van der Waals surface area contributed by atoms with Crippen molar-refractivity contribution < 1.29 is 0 Å². The molecule has 4 heteroatoms. The molecule has 3 rings (SSSR count). The second kappa shape index (κ2) is 5.78. The Morgan fingerprint density at radius 2 is 2.11 bits per heavy atom. The van der Waals surface area contributed by atoms with Crippen LogP contribution in [0.1, 0.15) is 11.5 Å². The van der Waals surface area contributed by atoms with Gasteiger partial charge in [0.2, 0.25) is 0 Å². The Kier molecular flexibility index (Phi) is 4.06. The molecule has 2 aromatic rings. The zero-order chi connectivity index (χ0) is 13.2. The molecule has 1 heterocycles. The van der Waals surface area contributed by atoms with Crippen molar-refractivity contribution in [3.05, 3.63) is 57.5 Å². The highest BCUT2D eigenvalue weighted by molar-refractivity contribution is 9.10. The highest BCUT2D eigenvalue weighted by Crippen LogP contribution is 2.39. The van der Waals surface area contributed by atoms with Crippen LogP contribution in [0, 0.1) is 0 Å². The Balaban J connectivity index is 1.69. The average molecular weight is 355 g/mol. The number of hydrogen-bond donors (Lipinski definition) is 1. The van der Waals surface area contributed by atoms with Gasteiger partial charge >= 0.3 is 0 Å². The fraction of sp³-hybridized carbons (Fsp3) is 0.200. The van der Waals surface area contributed by atoms with E-state index in [9.17, 15) is 0 Å². The van der Waals surface area contributed by atoms with Gasteiger partial charge in [-0.2, -0.15) is 0 Å². The number of fused-ring (bicyclic) bond motifs is 1. The summed E-state index contributed by atoms with van der Waals surface area (Å²) in [6.07, 6.45) is 0. The van der Waals surface area contributed by atoms with Gasteiger partial charge in [0.15, 0.2) is 0 Å². The molecule has 0 spiro atoms. The van der Waals surface area contributed by atoms with Crippen LogP contribution in [0.4, 0.5) is 5.69 Å². The number of hydrogen-bond acceptors (Lipinski definition) is 2. The van der Waals surface area contributed by atoms with E-state index in [1.165, 1.54) is 10.5 Å². The molecule has 0 radical (unpaired) electrons. The minimum atomic E-state index is 0.573. The predicted octanol–water partition coefficient (Wildman–Crippen LogP) is 5.40. The number of benzene rings is 2. The SMILES string of the molecule is Clc1cc(NCC2CSc3ccccc32)ccc1Br. The molecular weight excluding hydrogens is 342 g/mol. The van der Waals surface area contributed by atoms with E-state index in [0.717, 1.165) is 27.5 Å². The lowest BCUT2D eigenvalue weighted by molar-refractivity contribution is 0.819. The molecule has 0 aromatic heterocycles. The standard InChI is InChI=1S/C15H13BrClNS/c16-13-6-5-11(7-14(13)17)18-8-10-9-19-15-4-2-1-3-12(10)15/h1-7,10,18H,8-9H2. The third-order valence-electron chi connectivity index (χ3n) is 3.27. The first-order chi connectivity index (χ1) is 9.24. The van der Waals surface area contributed by atoms with Crippen LogP contribution in [0.15, 0.2) is 51.8 Å².